The number of ether oxygens (including phenoxy) is 1. The first kappa shape index (κ1) is 13.0. The molecule has 1 aliphatic rings. The largest absolute Gasteiger partial charge is 0.465 e. The van der Waals surface area contributed by atoms with Gasteiger partial charge in [-0.2, -0.15) is 0 Å². The fourth-order valence-electron chi connectivity index (χ4n) is 1.72. The van der Waals surface area contributed by atoms with E-state index in [1.165, 1.54) is 0 Å². The number of hydrogen-bond acceptors (Lipinski definition) is 4. The average Bonchev–Trinajstić information content (AvgIpc) is 2.78. The Balaban J connectivity index is 2.02. The van der Waals surface area contributed by atoms with Gasteiger partial charge in [0.05, 0.1) is 13.2 Å². The maximum atomic E-state index is 11.6. The molecule has 0 aromatic rings. The molecule has 1 heterocycles. The number of carbonyl (C=O) groups excluding carboxylic acids is 2. The molecule has 0 spiro atoms. The molecule has 5 nitrogen and oxygen atoms in total. The van der Waals surface area contributed by atoms with E-state index in [9.17, 15) is 9.59 Å². The molecule has 0 aliphatic carbocycles. The van der Waals surface area contributed by atoms with Crippen LogP contribution in [0.4, 0.5) is 0 Å². The Hall–Kier alpha value is -1.10. The van der Waals surface area contributed by atoms with Crippen LogP contribution in [0.3, 0.4) is 0 Å². The minimum Gasteiger partial charge on any atom is -0.465 e. The lowest BCUT2D eigenvalue weighted by Gasteiger charge is -2.14. The van der Waals surface area contributed by atoms with Crippen molar-refractivity contribution in [1.29, 1.82) is 0 Å². The molecule has 0 saturated carbocycles. The molecule has 1 amide bonds. The molecule has 1 aliphatic heterocycles. The predicted octanol–water partition coefficient (Wildman–Crippen LogP) is 0.152. The quantitative estimate of drug-likeness (QED) is 0.519. The molecule has 1 fully saturated rings. The van der Waals surface area contributed by atoms with Gasteiger partial charge in [-0.05, 0) is 19.8 Å². The van der Waals surface area contributed by atoms with Crippen molar-refractivity contribution in [3.8, 4) is 0 Å². The molecule has 0 bridgehead atoms. The molecule has 1 N–H and O–H groups in total. The van der Waals surface area contributed by atoms with E-state index < -0.39 is 0 Å². The summed E-state index contributed by atoms with van der Waals surface area (Å²) in [6, 6.07) is 0. The van der Waals surface area contributed by atoms with Gasteiger partial charge in [0.2, 0.25) is 5.91 Å². The summed E-state index contributed by atoms with van der Waals surface area (Å²) in [5.41, 5.74) is 0. The lowest BCUT2D eigenvalue weighted by Crippen LogP contribution is -2.32. The number of likely N-dealkylation sites (tertiary alicyclic amines) is 1. The standard InChI is InChI=1S/C11H20N2O3/c1-2-16-11(15)9-12-6-5-10(14)13-7-3-4-8-13/h12H,2-9H2,1H3. The molecule has 92 valence electrons. The number of hydrogen-bond donors (Lipinski definition) is 1. The van der Waals surface area contributed by atoms with Gasteiger partial charge in [0.15, 0.2) is 0 Å². The van der Waals surface area contributed by atoms with Crippen LogP contribution in [0.5, 0.6) is 0 Å². The van der Waals surface area contributed by atoms with Crippen LogP contribution in [-0.2, 0) is 14.3 Å². The first-order valence-corrected chi connectivity index (χ1v) is 5.88. The van der Waals surface area contributed by atoms with Crippen LogP contribution in [-0.4, -0.2) is 49.6 Å². The van der Waals surface area contributed by atoms with E-state index >= 15 is 0 Å². The minimum atomic E-state index is -0.267. The smallest absolute Gasteiger partial charge is 0.319 e. The van der Waals surface area contributed by atoms with E-state index in [-0.39, 0.29) is 18.4 Å². The fraction of sp³-hybridized carbons (Fsp3) is 0.818. The van der Waals surface area contributed by atoms with Crippen LogP contribution in [0.15, 0.2) is 0 Å². The molecular formula is C11H20N2O3. The molecular weight excluding hydrogens is 208 g/mol. The third-order valence-corrected chi connectivity index (χ3v) is 2.55. The van der Waals surface area contributed by atoms with Gasteiger partial charge in [-0.3, -0.25) is 9.59 Å². The van der Waals surface area contributed by atoms with Crippen molar-refractivity contribution in [3.63, 3.8) is 0 Å². The summed E-state index contributed by atoms with van der Waals surface area (Å²) < 4.78 is 4.75. The molecule has 1 saturated heterocycles. The van der Waals surface area contributed by atoms with E-state index in [2.05, 4.69) is 5.32 Å². The highest BCUT2D eigenvalue weighted by atomic mass is 16.5. The highest BCUT2D eigenvalue weighted by molar-refractivity contribution is 5.76. The van der Waals surface area contributed by atoms with Crippen LogP contribution in [0, 0.1) is 0 Å². The molecule has 0 radical (unpaired) electrons. The summed E-state index contributed by atoms with van der Waals surface area (Å²) in [5.74, 6) is -0.0926. The Morgan fingerprint density at radius 3 is 2.62 bits per heavy atom. The van der Waals surface area contributed by atoms with E-state index in [0.29, 0.717) is 19.6 Å². The summed E-state index contributed by atoms with van der Waals surface area (Å²) in [6.07, 6.45) is 2.68. The Bertz CT molecular complexity index is 237. The minimum absolute atomic E-state index is 0.175. The van der Waals surface area contributed by atoms with Crippen LogP contribution < -0.4 is 5.32 Å². The van der Waals surface area contributed by atoms with E-state index in [4.69, 9.17) is 4.74 Å². The second-order valence-electron chi connectivity index (χ2n) is 3.82. The van der Waals surface area contributed by atoms with Gasteiger partial charge in [-0.25, -0.2) is 0 Å². The van der Waals surface area contributed by atoms with Gasteiger partial charge < -0.3 is 15.0 Å². The number of nitrogens with zero attached hydrogens (tertiary/aromatic N) is 1. The van der Waals surface area contributed by atoms with Gasteiger partial charge >= 0.3 is 5.97 Å². The van der Waals surface area contributed by atoms with Gasteiger partial charge in [-0.1, -0.05) is 0 Å². The van der Waals surface area contributed by atoms with E-state index in [1.807, 2.05) is 4.90 Å². The van der Waals surface area contributed by atoms with Crippen molar-refractivity contribution in [3.05, 3.63) is 0 Å². The second-order valence-corrected chi connectivity index (χ2v) is 3.82. The van der Waals surface area contributed by atoms with Crippen LogP contribution >= 0.6 is 0 Å². The zero-order chi connectivity index (χ0) is 11.8. The molecule has 5 heteroatoms. The molecule has 1 rings (SSSR count). The number of esters is 1. The summed E-state index contributed by atoms with van der Waals surface area (Å²) in [5, 5.41) is 2.90. The SMILES string of the molecule is CCOC(=O)CNCCC(=O)N1CCCC1. The first-order valence-electron chi connectivity index (χ1n) is 5.88. The van der Waals surface area contributed by atoms with Gasteiger partial charge in [0.25, 0.3) is 0 Å². The van der Waals surface area contributed by atoms with Crippen molar-refractivity contribution in [1.82, 2.24) is 10.2 Å². The lowest BCUT2D eigenvalue weighted by atomic mass is 10.3. The summed E-state index contributed by atoms with van der Waals surface area (Å²) >= 11 is 0. The summed E-state index contributed by atoms with van der Waals surface area (Å²) in [4.78, 5) is 24.4. The fourth-order valence-corrected chi connectivity index (χ4v) is 1.72. The number of rotatable bonds is 6. The number of carbonyl (C=O) groups is 2. The Labute approximate surface area is 96.1 Å². The maximum Gasteiger partial charge on any atom is 0.319 e. The van der Waals surface area contributed by atoms with Gasteiger partial charge in [0.1, 0.15) is 0 Å². The number of amides is 1. The van der Waals surface area contributed by atoms with Crippen LogP contribution in [0.1, 0.15) is 26.2 Å². The van der Waals surface area contributed by atoms with Crippen LogP contribution in [0.2, 0.25) is 0 Å². The Morgan fingerprint density at radius 2 is 2.00 bits per heavy atom. The molecule has 0 aromatic heterocycles. The van der Waals surface area contributed by atoms with Crippen molar-refractivity contribution < 1.29 is 14.3 Å². The van der Waals surface area contributed by atoms with Crippen molar-refractivity contribution in [2.45, 2.75) is 26.2 Å². The van der Waals surface area contributed by atoms with Crippen LogP contribution in [0.25, 0.3) is 0 Å². The highest BCUT2D eigenvalue weighted by Crippen LogP contribution is 2.08. The molecule has 16 heavy (non-hydrogen) atoms. The van der Waals surface area contributed by atoms with E-state index in [1.54, 1.807) is 6.92 Å². The third kappa shape index (κ3) is 4.61. The highest BCUT2D eigenvalue weighted by Gasteiger charge is 2.16. The number of nitrogens with one attached hydrogen (secondary N) is 1. The van der Waals surface area contributed by atoms with Crippen molar-refractivity contribution in [2.24, 2.45) is 0 Å². The average molecular weight is 228 g/mol. The molecule has 0 atom stereocenters. The normalized spacial score (nSPS) is 15.2. The summed E-state index contributed by atoms with van der Waals surface area (Å²) in [7, 11) is 0. The molecule has 0 unspecified atom stereocenters. The predicted molar refractivity (Wildman–Crippen MR) is 59.9 cm³/mol. The monoisotopic (exact) mass is 228 g/mol. The zero-order valence-electron chi connectivity index (χ0n) is 9.83. The topological polar surface area (TPSA) is 58.6 Å². The third-order valence-electron chi connectivity index (χ3n) is 2.55. The Kier molecular flexibility index (Phi) is 5.85. The van der Waals surface area contributed by atoms with Gasteiger partial charge in [-0.15, -0.1) is 0 Å². The van der Waals surface area contributed by atoms with Crippen molar-refractivity contribution >= 4 is 11.9 Å². The summed E-state index contributed by atoms with van der Waals surface area (Å²) in [6.45, 7) is 4.66. The second kappa shape index (κ2) is 7.22. The Morgan fingerprint density at radius 1 is 1.31 bits per heavy atom. The van der Waals surface area contributed by atoms with Crippen molar-refractivity contribution in [2.75, 3.05) is 32.8 Å². The maximum absolute atomic E-state index is 11.6. The van der Waals surface area contributed by atoms with Gasteiger partial charge in [0, 0.05) is 26.1 Å². The molecule has 0 aromatic carbocycles. The first-order chi connectivity index (χ1) is 7.74. The zero-order valence-corrected chi connectivity index (χ0v) is 9.83. The lowest BCUT2D eigenvalue weighted by molar-refractivity contribution is -0.142. The van der Waals surface area contributed by atoms with E-state index in [0.717, 1.165) is 25.9 Å².